The lowest BCUT2D eigenvalue weighted by Crippen LogP contribution is -2.11. The minimum atomic E-state index is 0.752. The molecule has 2 rings (SSSR count). The molecule has 0 bridgehead atoms. The van der Waals surface area contributed by atoms with Crippen molar-refractivity contribution in [3.63, 3.8) is 0 Å². The molecule has 0 saturated carbocycles. The zero-order chi connectivity index (χ0) is 14.0. The van der Waals surface area contributed by atoms with Gasteiger partial charge in [0.1, 0.15) is 11.5 Å². The fourth-order valence-electron chi connectivity index (χ4n) is 1.99. The van der Waals surface area contributed by atoms with Crippen LogP contribution in [-0.4, -0.2) is 6.61 Å². The van der Waals surface area contributed by atoms with Crippen molar-refractivity contribution in [2.75, 3.05) is 6.61 Å². The van der Waals surface area contributed by atoms with Gasteiger partial charge in [-0.1, -0.05) is 31.9 Å². The molecular weight excluding hydrogens is 250 g/mol. The summed E-state index contributed by atoms with van der Waals surface area (Å²) in [5, 5.41) is 3.35. The fraction of sp³-hybridized carbons (Fsp3) is 0.412. The summed E-state index contributed by atoms with van der Waals surface area (Å²) in [6.45, 7) is 4.59. The van der Waals surface area contributed by atoms with Crippen LogP contribution in [0.25, 0.3) is 0 Å². The predicted molar refractivity (Wildman–Crippen MR) is 80.7 cm³/mol. The molecule has 0 amide bonds. The van der Waals surface area contributed by atoms with Crippen LogP contribution in [0.3, 0.4) is 0 Å². The van der Waals surface area contributed by atoms with Gasteiger partial charge in [0.2, 0.25) is 0 Å². The molecule has 1 aromatic heterocycles. The van der Waals surface area contributed by atoms with Crippen molar-refractivity contribution in [1.82, 2.24) is 5.32 Å². The lowest BCUT2D eigenvalue weighted by molar-refractivity contribution is 0.306. The maximum absolute atomic E-state index is 5.69. The molecule has 3 heteroatoms. The predicted octanol–water partition coefficient (Wildman–Crippen LogP) is 4.14. The van der Waals surface area contributed by atoms with Crippen LogP contribution in [0.4, 0.5) is 0 Å². The van der Waals surface area contributed by atoms with Crippen molar-refractivity contribution < 1.29 is 9.15 Å². The van der Waals surface area contributed by atoms with Gasteiger partial charge in [-0.05, 0) is 36.2 Å². The molecule has 0 fully saturated rings. The van der Waals surface area contributed by atoms with Gasteiger partial charge in [0, 0.05) is 6.54 Å². The van der Waals surface area contributed by atoms with E-state index in [1.54, 1.807) is 6.26 Å². The van der Waals surface area contributed by atoms with E-state index in [9.17, 15) is 0 Å². The quantitative estimate of drug-likeness (QED) is 0.697. The van der Waals surface area contributed by atoms with Gasteiger partial charge < -0.3 is 14.5 Å². The summed E-state index contributed by atoms with van der Waals surface area (Å²) >= 11 is 0. The molecule has 0 spiro atoms. The van der Waals surface area contributed by atoms with E-state index in [1.165, 1.54) is 18.4 Å². The van der Waals surface area contributed by atoms with Crippen LogP contribution in [0, 0.1) is 0 Å². The Morgan fingerprint density at radius 2 is 1.90 bits per heavy atom. The molecule has 0 radical (unpaired) electrons. The van der Waals surface area contributed by atoms with E-state index in [0.717, 1.165) is 37.6 Å². The van der Waals surface area contributed by atoms with Crippen LogP contribution in [0.5, 0.6) is 5.75 Å². The highest BCUT2D eigenvalue weighted by Crippen LogP contribution is 2.13. The van der Waals surface area contributed by atoms with Crippen molar-refractivity contribution >= 4 is 0 Å². The van der Waals surface area contributed by atoms with Gasteiger partial charge in [0.05, 0.1) is 19.4 Å². The maximum atomic E-state index is 5.69. The van der Waals surface area contributed by atoms with Crippen molar-refractivity contribution in [1.29, 1.82) is 0 Å². The summed E-state index contributed by atoms with van der Waals surface area (Å²) in [4.78, 5) is 0. The summed E-state index contributed by atoms with van der Waals surface area (Å²) in [5.74, 6) is 1.91. The Hall–Kier alpha value is -1.74. The first-order valence-electron chi connectivity index (χ1n) is 7.33. The highest BCUT2D eigenvalue weighted by molar-refractivity contribution is 5.27. The van der Waals surface area contributed by atoms with Crippen LogP contribution in [0.2, 0.25) is 0 Å². The molecule has 0 unspecified atom stereocenters. The molecule has 0 atom stereocenters. The molecule has 1 heterocycles. The van der Waals surface area contributed by atoms with Gasteiger partial charge in [0.15, 0.2) is 0 Å². The summed E-state index contributed by atoms with van der Waals surface area (Å²) in [5.41, 5.74) is 1.25. The molecule has 3 nitrogen and oxygen atoms in total. The average molecular weight is 273 g/mol. The molecule has 108 valence electrons. The minimum Gasteiger partial charge on any atom is -0.494 e. The first-order valence-corrected chi connectivity index (χ1v) is 7.33. The topological polar surface area (TPSA) is 34.4 Å². The number of hydrogen-bond donors (Lipinski definition) is 1. The van der Waals surface area contributed by atoms with Crippen LogP contribution in [-0.2, 0) is 13.1 Å². The van der Waals surface area contributed by atoms with Gasteiger partial charge in [-0.2, -0.15) is 0 Å². The molecular formula is C17H23NO2. The Morgan fingerprint density at radius 3 is 2.60 bits per heavy atom. The number of ether oxygens (including phenoxy) is 1. The highest BCUT2D eigenvalue weighted by Gasteiger charge is 1.98. The van der Waals surface area contributed by atoms with E-state index in [-0.39, 0.29) is 0 Å². The van der Waals surface area contributed by atoms with Crippen molar-refractivity contribution in [2.24, 2.45) is 0 Å². The summed E-state index contributed by atoms with van der Waals surface area (Å²) < 4.78 is 11.0. The van der Waals surface area contributed by atoms with Crippen molar-refractivity contribution in [2.45, 2.75) is 39.3 Å². The number of furan rings is 1. The van der Waals surface area contributed by atoms with Crippen LogP contribution in [0.1, 0.15) is 37.5 Å². The van der Waals surface area contributed by atoms with Crippen LogP contribution in [0.15, 0.2) is 47.1 Å². The third-order valence-electron chi connectivity index (χ3n) is 3.15. The molecule has 2 aromatic rings. The second-order valence-corrected chi connectivity index (χ2v) is 4.88. The largest absolute Gasteiger partial charge is 0.494 e. The normalized spacial score (nSPS) is 10.7. The van der Waals surface area contributed by atoms with E-state index >= 15 is 0 Å². The standard InChI is InChI=1S/C17H23NO2/c1-2-3-4-11-19-16-9-7-15(8-10-16)13-18-14-17-6-5-12-20-17/h5-10,12,18H,2-4,11,13-14H2,1H3. The second-order valence-electron chi connectivity index (χ2n) is 4.88. The molecule has 1 aromatic carbocycles. The minimum absolute atomic E-state index is 0.752. The third kappa shape index (κ3) is 5.10. The van der Waals surface area contributed by atoms with Crippen LogP contribution >= 0.6 is 0 Å². The fourth-order valence-corrected chi connectivity index (χ4v) is 1.99. The zero-order valence-corrected chi connectivity index (χ0v) is 12.1. The van der Waals surface area contributed by atoms with Gasteiger partial charge in [0.25, 0.3) is 0 Å². The SMILES string of the molecule is CCCCCOc1ccc(CNCc2ccco2)cc1. The van der Waals surface area contributed by atoms with Crippen molar-refractivity contribution in [3.8, 4) is 5.75 Å². The number of unbranched alkanes of at least 4 members (excludes halogenated alkanes) is 2. The van der Waals surface area contributed by atoms with Gasteiger partial charge in [-0.15, -0.1) is 0 Å². The van der Waals surface area contributed by atoms with Gasteiger partial charge >= 0.3 is 0 Å². The van der Waals surface area contributed by atoms with E-state index < -0.39 is 0 Å². The van der Waals surface area contributed by atoms with E-state index in [0.29, 0.717) is 0 Å². The number of rotatable bonds is 9. The maximum Gasteiger partial charge on any atom is 0.119 e. The van der Waals surface area contributed by atoms with Gasteiger partial charge in [-0.25, -0.2) is 0 Å². The zero-order valence-electron chi connectivity index (χ0n) is 12.1. The first kappa shape index (κ1) is 14.7. The van der Waals surface area contributed by atoms with Crippen LogP contribution < -0.4 is 10.1 Å². The van der Waals surface area contributed by atoms with Gasteiger partial charge in [-0.3, -0.25) is 0 Å². The third-order valence-corrected chi connectivity index (χ3v) is 3.15. The lowest BCUT2D eigenvalue weighted by atomic mass is 10.2. The Morgan fingerprint density at radius 1 is 1.05 bits per heavy atom. The Balaban J connectivity index is 1.68. The highest BCUT2D eigenvalue weighted by atomic mass is 16.5. The summed E-state index contributed by atoms with van der Waals surface area (Å²) in [6, 6.07) is 12.2. The molecule has 1 N–H and O–H groups in total. The number of hydrogen-bond acceptors (Lipinski definition) is 3. The molecule has 20 heavy (non-hydrogen) atoms. The van der Waals surface area contributed by atoms with E-state index in [1.807, 2.05) is 24.3 Å². The molecule has 0 aliphatic carbocycles. The van der Waals surface area contributed by atoms with E-state index in [2.05, 4.69) is 24.4 Å². The smallest absolute Gasteiger partial charge is 0.119 e. The van der Waals surface area contributed by atoms with E-state index in [4.69, 9.17) is 9.15 Å². The molecule has 0 aliphatic rings. The number of nitrogens with one attached hydrogen (secondary N) is 1. The first-order chi connectivity index (χ1) is 9.88. The average Bonchev–Trinajstić information content (AvgIpc) is 2.98. The Kier molecular flexibility index (Phi) is 6.18. The molecule has 0 aliphatic heterocycles. The summed E-state index contributed by atoms with van der Waals surface area (Å²) in [7, 11) is 0. The lowest BCUT2D eigenvalue weighted by Gasteiger charge is -2.07. The Bertz CT molecular complexity index is 462. The van der Waals surface area contributed by atoms with Crippen molar-refractivity contribution in [3.05, 3.63) is 54.0 Å². The molecule has 0 saturated heterocycles. The second kappa shape index (κ2) is 8.43. The monoisotopic (exact) mass is 273 g/mol. The summed E-state index contributed by atoms with van der Waals surface area (Å²) in [6.07, 6.45) is 5.28. The Labute approximate surface area is 121 Å². The number of benzene rings is 1.